The molecule has 0 atom stereocenters. The average molecular weight is 335 g/mol. The molecule has 140 valence electrons. The van der Waals surface area contributed by atoms with E-state index in [-0.39, 0.29) is 0 Å². The molecule has 0 bridgehead atoms. The molecule has 0 aromatic rings. The summed E-state index contributed by atoms with van der Waals surface area (Å²) >= 11 is 0. The maximum atomic E-state index is 8.99. The van der Waals surface area contributed by atoms with Gasteiger partial charge in [-0.25, -0.2) is 0 Å². The standard InChI is InChI=1S/C22H42N2/c1-4-6-8-10-12-14-16-18-24(21-22(3)20-23)19-17-15-13-11-9-7-5-2/h3-19,21H2,1-2H3. The summed E-state index contributed by atoms with van der Waals surface area (Å²) in [5, 5.41) is 8.99. The number of unbranched alkanes of at least 4 members (excludes halogenated alkanes) is 12. The van der Waals surface area contributed by atoms with E-state index in [4.69, 9.17) is 5.26 Å². The van der Waals surface area contributed by atoms with Gasteiger partial charge in [-0.3, -0.25) is 4.90 Å². The molecular weight excluding hydrogens is 292 g/mol. The van der Waals surface area contributed by atoms with Crippen molar-refractivity contribution in [3.63, 3.8) is 0 Å². The zero-order valence-electron chi connectivity index (χ0n) is 16.6. The molecule has 0 fully saturated rings. The predicted molar refractivity (Wildman–Crippen MR) is 107 cm³/mol. The van der Waals surface area contributed by atoms with Gasteiger partial charge in [0.15, 0.2) is 0 Å². The summed E-state index contributed by atoms with van der Waals surface area (Å²) in [4.78, 5) is 2.45. The van der Waals surface area contributed by atoms with E-state index in [1.54, 1.807) is 0 Å². The van der Waals surface area contributed by atoms with Crippen molar-refractivity contribution in [3.8, 4) is 6.07 Å². The second kappa shape index (κ2) is 18.5. The van der Waals surface area contributed by atoms with Crippen molar-refractivity contribution >= 4 is 0 Å². The summed E-state index contributed by atoms with van der Waals surface area (Å²) in [6.07, 6.45) is 18.9. The molecule has 2 heteroatoms. The molecule has 0 aliphatic rings. The predicted octanol–water partition coefficient (Wildman–Crippen LogP) is 6.87. The van der Waals surface area contributed by atoms with Crippen LogP contribution in [0, 0.1) is 11.3 Å². The van der Waals surface area contributed by atoms with Crippen molar-refractivity contribution in [3.05, 3.63) is 12.2 Å². The maximum Gasteiger partial charge on any atom is 0.0954 e. The molecule has 0 N–H and O–H groups in total. The van der Waals surface area contributed by atoms with Crippen LogP contribution in [-0.2, 0) is 0 Å². The number of rotatable bonds is 18. The third-order valence-electron chi connectivity index (χ3n) is 4.73. The van der Waals surface area contributed by atoms with E-state index in [2.05, 4.69) is 31.4 Å². The molecule has 0 aromatic carbocycles. The zero-order chi connectivity index (χ0) is 17.9. The van der Waals surface area contributed by atoms with Crippen molar-refractivity contribution in [2.75, 3.05) is 19.6 Å². The second-order valence-corrected chi connectivity index (χ2v) is 7.23. The monoisotopic (exact) mass is 334 g/mol. The molecule has 0 aliphatic heterocycles. The molecule has 0 heterocycles. The highest BCUT2D eigenvalue weighted by Gasteiger charge is 2.06. The first-order chi connectivity index (χ1) is 11.7. The Hall–Kier alpha value is -0.810. The highest BCUT2D eigenvalue weighted by molar-refractivity contribution is 5.17. The lowest BCUT2D eigenvalue weighted by Crippen LogP contribution is -2.28. The molecule has 0 saturated carbocycles. The SMILES string of the molecule is C=C(C#N)CN(CCCCCCCCC)CCCCCCCCC. The topological polar surface area (TPSA) is 27.0 Å². The van der Waals surface area contributed by atoms with Crippen LogP contribution < -0.4 is 0 Å². The maximum absolute atomic E-state index is 8.99. The Bertz CT molecular complexity index is 298. The quantitative estimate of drug-likeness (QED) is 0.202. The fourth-order valence-corrected chi connectivity index (χ4v) is 3.16. The van der Waals surface area contributed by atoms with E-state index >= 15 is 0 Å². The van der Waals surface area contributed by atoms with Crippen molar-refractivity contribution in [1.82, 2.24) is 4.90 Å². The molecule has 0 radical (unpaired) electrons. The van der Waals surface area contributed by atoms with Crippen molar-refractivity contribution in [1.29, 1.82) is 5.26 Å². The molecule has 0 amide bonds. The molecule has 24 heavy (non-hydrogen) atoms. The Morgan fingerprint density at radius 3 is 1.46 bits per heavy atom. The van der Waals surface area contributed by atoms with Crippen LogP contribution in [0.5, 0.6) is 0 Å². The van der Waals surface area contributed by atoms with E-state index in [1.165, 1.54) is 89.9 Å². The van der Waals surface area contributed by atoms with Crippen molar-refractivity contribution in [2.45, 2.75) is 104 Å². The first kappa shape index (κ1) is 23.2. The van der Waals surface area contributed by atoms with Crippen LogP contribution in [0.25, 0.3) is 0 Å². The van der Waals surface area contributed by atoms with Gasteiger partial charge in [0.25, 0.3) is 0 Å². The van der Waals surface area contributed by atoms with E-state index < -0.39 is 0 Å². The van der Waals surface area contributed by atoms with Gasteiger partial charge in [-0.1, -0.05) is 97.5 Å². The lowest BCUT2D eigenvalue weighted by Gasteiger charge is -2.21. The van der Waals surface area contributed by atoms with E-state index in [9.17, 15) is 0 Å². The third-order valence-corrected chi connectivity index (χ3v) is 4.73. The largest absolute Gasteiger partial charge is 0.298 e. The van der Waals surface area contributed by atoms with Crippen LogP contribution in [-0.4, -0.2) is 24.5 Å². The minimum Gasteiger partial charge on any atom is -0.298 e. The van der Waals surface area contributed by atoms with Gasteiger partial charge in [0, 0.05) is 12.1 Å². The minimum atomic E-state index is 0.709. The van der Waals surface area contributed by atoms with Crippen LogP contribution in [0.4, 0.5) is 0 Å². The van der Waals surface area contributed by atoms with E-state index in [0.29, 0.717) is 5.57 Å². The molecule has 0 saturated heterocycles. The Morgan fingerprint density at radius 1 is 0.708 bits per heavy atom. The highest BCUT2D eigenvalue weighted by atomic mass is 15.1. The Kier molecular flexibility index (Phi) is 17.9. The molecule has 0 aliphatic carbocycles. The van der Waals surface area contributed by atoms with Gasteiger partial charge in [-0.05, 0) is 25.9 Å². The Morgan fingerprint density at radius 2 is 1.08 bits per heavy atom. The van der Waals surface area contributed by atoms with Gasteiger partial charge < -0.3 is 0 Å². The van der Waals surface area contributed by atoms with Gasteiger partial charge >= 0.3 is 0 Å². The van der Waals surface area contributed by atoms with E-state index in [1.807, 2.05) is 0 Å². The van der Waals surface area contributed by atoms with Crippen LogP contribution >= 0.6 is 0 Å². The summed E-state index contributed by atoms with van der Waals surface area (Å²) < 4.78 is 0. The smallest absolute Gasteiger partial charge is 0.0954 e. The van der Waals surface area contributed by atoms with Crippen molar-refractivity contribution < 1.29 is 0 Å². The molecule has 0 spiro atoms. The third kappa shape index (κ3) is 16.1. The Balaban J connectivity index is 3.77. The van der Waals surface area contributed by atoms with Crippen LogP contribution in [0.2, 0.25) is 0 Å². The number of nitriles is 1. The number of hydrogen-bond acceptors (Lipinski definition) is 2. The lowest BCUT2D eigenvalue weighted by atomic mass is 10.1. The Labute approximate surface area is 152 Å². The highest BCUT2D eigenvalue weighted by Crippen LogP contribution is 2.11. The van der Waals surface area contributed by atoms with Crippen LogP contribution in [0.15, 0.2) is 12.2 Å². The van der Waals surface area contributed by atoms with Gasteiger partial charge in [-0.2, -0.15) is 5.26 Å². The van der Waals surface area contributed by atoms with E-state index in [0.717, 1.165) is 19.6 Å². The molecule has 0 rings (SSSR count). The van der Waals surface area contributed by atoms with Crippen LogP contribution in [0.3, 0.4) is 0 Å². The van der Waals surface area contributed by atoms with Gasteiger partial charge in [0.05, 0.1) is 6.07 Å². The molecular formula is C22H42N2. The summed E-state index contributed by atoms with van der Waals surface area (Å²) in [5.41, 5.74) is 0.709. The summed E-state index contributed by atoms with van der Waals surface area (Å²) in [7, 11) is 0. The summed E-state index contributed by atoms with van der Waals surface area (Å²) in [6.45, 7) is 11.4. The number of hydrogen-bond donors (Lipinski definition) is 0. The summed E-state index contributed by atoms with van der Waals surface area (Å²) in [5.74, 6) is 0. The zero-order valence-corrected chi connectivity index (χ0v) is 16.6. The van der Waals surface area contributed by atoms with Gasteiger partial charge in [0.2, 0.25) is 0 Å². The molecule has 0 unspecified atom stereocenters. The van der Waals surface area contributed by atoms with Gasteiger partial charge in [0.1, 0.15) is 0 Å². The first-order valence-corrected chi connectivity index (χ1v) is 10.5. The van der Waals surface area contributed by atoms with Crippen LogP contribution in [0.1, 0.15) is 104 Å². The first-order valence-electron chi connectivity index (χ1n) is 10.5. The van der Waals surface area contributed by atoms with Crippen molar-refractivity contribution in [2.24, 2.45) is 0 Å². The lowest BCUT2D eigenvalue weighted by molar-refractivity contribution is 0.282. The second-order valence-electron chi connectivity index (χ2n) is 7.23. The number of nitrogens with zero attached hydrogens (tertiary/aromatic N) is 2. The molecule has 0 aromatic heterocycles. The summed E-state index contributed by atoms with van der Waals surface area (Å²) in [6, 6.07) is 2.21. The fraction of sp³-hybridized carbons (Fsp3) is 0.864. The minimum absolute atomic E-state index is 0.709. The average Bonchev–Trinajstić information content (AvgIpc) is 2.59. The fourth-order valence-electron chi connectivity index (χ4n) is 3.16. The normalized spacial score (nSPS) is 10.9. The molecule has 2 nitrogen and oxygen atoms in total. The van der Waals surface area contributed by atoms with Gasteiger partial charge in [-0.15, -0.1) is 0 Å².